The SMILES string of the molecule is C#[N+][C@@H](Cc1cccc(S(C)(=O)=O)c1)C(=O)O. The summed E-state index contributed by atoms with van der Waals surface area (Å²) in [5, 5.41) is 8.77. The van der Waals surface area contributed by atoms with E-state index in [-0.39, 0.29) is 11.3 Å². The quantitative estimate of drug-likeness (QED) is 0.871. The average molecular weight is 254 g/mol. The van der Waals surface area contributed by atoms with Crippen molar-refractivity contribution in [3.63, 3.8) is 0 Å². The van der Waals surface area contributed by atoms with Gasteiger partial charge in [0.1, 0.15) is 0 Å². The van der Waals surface area contributed by atoms with Crippen LogP contribution in [0.15, 0.2) is 29.2 Å². The second-order valence-electron chi connectivity index (χ2n) is 3.63. The van der Waals surface area contributed by atoms with Gasteiger partial charge in [0.05, 0.1) is 11.3 Å². The van der Waals surface area contributed by atoms with Crippen LogP contribution in [0.25, 0.3) is 4.85 Å². The average Bonchev–Trinajstić information content (AvgIpc) is 2.24. The Balaban J connectivity index is 3.02. The minimum Gasteiger partial charge on any atom is -0.475 e. The molecular weight excluding hydrogens is 242 g/mol. The molecule has 0 aliphatic carbocycles. The number of hydrogen-bond donors (Lipinski definition) is 1. The van der Waals surface area contributed by atoms with Gasteiger partial charge < -0.3 is 5.11 Å². The molecule has 0 heterocycles. The molecule has 0 radical (unpaired) electrons. The van der Waals surface area contributed by atoms with Crippen LogP contribution in [0.4, 0.5) is 0 Å². The molecule has 17 heavy (non-hydrogen) atoms. The van der Waals surface area contributed by atoms with Crippen molar-refractivity contribution < 1.29 is 18.3 Å². The van der Waals surface area contributed by atoms with E-state index in [0.29, 0.717) is 5.56 Å². The van der Waals surface area contributed by atoms with Gasteiger partial charge in [0.15, 0.2) is 9.84 Å². The topological polar surface area (TPSA) is 75.8 Å². The van der Waals surface area contributed by atoms with Crippen LogP contribution in [-0.2, 0) is 21.1 Å². The van der Waals surface area contributed by atoms with Gasteiger partial charge in [0.2, 0.25) is 0 Å². The van der Waals surface area contributed by atoms with Crippen LogP contribution in [0.5, 0.6) is 0 Å². The molecule has 1 N–H and O–H groups in total. The molecule has 0 saturated heterocycles. The summed E-state index contributed by atoms with van der Waals surface area (Å²) in [6.45, 7) is 4.97. The Kier molecular flexibility index (Phi) is 3.86. The molecule has 0 fully saturated rings. The van der Waals surface area contributed by atoms with Crippen LogP contribution in [0.1, 0.15) is 5.56 Å². The first-order chi connectivity index (χ1) is 7.84. The maximum atomic E-state index is 11.3. The normalized spacial score (nSPS) is 12.7. The van der Waals surface area contributed by atoms with Crippen LogP contribution in [-0.4, -0.2) is 31.8 Å². The van der Waals surface area contributed by atoms with E-state index in [1.165, 1.54) is 12.1 Å². The van der Waals surface area contributed by atoms with Gasteiger partial charge in [-0.05, 0) is 17.7 Å². The number of carboxylic acid groups (broad SMARTS) is 1. The Labute approximate surface area is 99.4 Å². The molecule has 0 bridgehead atoms. The van der Waals surface area contributed by atoms with Crippen molar-refractivity contribution in [1.29, 1.82) is 0 Å². The van der Waals surface area contributed by atoms with Gasteiger partial charge in [-0.15, -0.1) is 0 Å². The zero-order chi connectivity index (χ0) is 13.1. The smallest absolute Gasteiger partial charge is 0.392 e. The van der Waals surface area contributed by atoms with E-state index in [0.717, 1.165) is 6.26 Å². The molecule has 1 rings (SSSR count). The molecule has 5 nitrogen and oxygen atoms in total. The molecule has 1 atom stereocenters. The summed E-state index contributed by atoms with van der Waals surface area (Å²) in [6, 6.07) is 5.01. The first kappa shape index (κ1) is 13.2. The summed E-state index contributed by atoms with van der Waals surface area (Å²) in [7, 11) is -3.30. The number of hydrogen-bond acceptors (Lipinski definition) is 3. The highest BCUT2D eigenvalue weighted by Crippen LogP contribution is 2.13. The summed E-state index contributed by atoms with van der Waals surface area (Å²) < 4.78 is 22.6. The molecule has 0 unspecified atom stereocenters. The third-order valence-corrected chi connectivity index (χ3v) is 3.33. The van der Waals surface area contributed by atoms with E-state index >= 15 is 0 Å². The Morgan fingerprint density at radius 2 is 2.18 bits per heavy atom. The lowest BCUT2D eigenvalue weighted by atomic mass is 10.1. The molecule has 6 heteroatoms. The second-order valence-corrected chi connectivity index (χ2v) is 5.64. The van der Waals surface area contributed by atoms with E-state index in [1.54, 1.807) is 12.1 Å². The van der Waals surface area contributed by atoms with Crippen molar-refractivity contribution in [3.05, 3.63) is 34.7 Å². The molecule has 0 saturated carbocycles. The van der Waals surface area contributed by atoms with Crippen molar-refractivity contribution >= 4 is 15.8 Å². The molecular formula is C11H12NO4S+. The Morgan fingerprint density at radius 1 is 1.53 bits per heavy atom. The zero-order valence-corrected chi connectivity index (χ0v) is 10.0. The third-order valence-electron chi connectivity index (χ3n) is 2.22. The largest absolute Gasteiger partial charge is 0.475 e. The number of nitrogens with zero attached hydrogens (tertiary/aromatic N) is 1. The molecule has 0 aliphatic heterocycles. The Bertz CT molecular complexity index is 571. The molecule has 0 aromatic heterocycles. The van der Waals surface area contributed by atoms with E-state index in [4.69, 9.17) is 11.7 Å². The fraction of sp³-hybridized carbons (Fsp3) is 0.273. The van der Waals surface area contributed by atoms with E-state index in [2.05, 4.69) is 4.85 Å². The number of carbonyl (C=O) groups is 1. The predicted octanol–water partition coefficient (Wildman–Crippen LogP) is 1.05. The lowest BCUT2D eigenvalue weighted by molar-refractivity contribution is -0.137. The summed E-state index contributed by atoms with van der Waals surface area (Å²) >= 11 is 0. The Hall–Kier alpha value is -1.87. The van der Waals surface area contributed by atoms with E-state index < -0.39 is 21.8 Å². The minimum absolute atomic E-state index is 0.0647. The maximum absolute atomic E-state index is 11.3. The molecule has 90 valence electrons. The van der Waals surface area contributed by atoms with Gasteiger partial charge in [0.25, 0.3) is 6.57 Å². The fourth-order valence-corrected chi connectivity index (χ4v) is 2.02. The molecule has 0 aliphatic rings. The van der Waals surface area contributed by atoms with E-state index in [9.17, 15) is 13.2 Å². The molecule has 0 amide bonds. The minimum atomic E-state index is -3.30. The number of rotatable bonds is 4. The second kappa shape index (κ2) is 4.97. The molecule has 0 spiro atoms. The third kappa shape index (κ3) is 3.57. The standard InChI is InChI=1S/C11H11NO4S/c1-12-10(11(13)14)7-8-4-3-5-9(6-8)17(2,15)16/h1,3-6,10H,7H2,2H3/p+1/t10-/m0/s1. The Morgan fingerprint density at radius 3 is 2.65 bits per heavy atom. The monoisotopic (exact) mass is 254 g/mol. The van der Waals surface area contributed by atoms with Gasteiger partial charge in [0, 0.05) is 6.26 Å². The van der Waals surface area contributed by atoms with Gasteiger partial charge in [-0.25, -0.2) is 13.2 Å². The zero-order valence-electron chi connectivity index (χ0n) is 9.20. The fourth-order valence-electron chi connectivity index (χ4n) is 1.33. The van der Waals surface area contributed by atoms with Crippen LogP contribution in [0.2, 0.25) is 0 Å². The van der Waals surface area contributed by atoms with Gasteiger partial charge >= 0.3 is 12.0 Å². The van der Waals surface area contributed by atoms with Gasteiger partial charge in [-0.3, -0.25) is 0 Å². The lowest BCUT2D eigenvalue weighted by Crippen LogP contribution is -2.18. The highest BCUT2D eigenvalue weighted by Gasteiger charge is 2.26. The lowest BCUT2D eigenvalue weighted by Gasteiger charge is -2.02. The number of sulfone groups is 1. The highest BCUT2D eigenvalue weighted by molar-refractivity contribution is 7.90. The summed E-state index contributed by atoms with van der Waals surface area (Å²) in [5.41, 5.74) is 0.564. The predicted molar refractivity (Wildman–Crippen MR) is 63.0 cm³/mol. The van der Waals surface area contributed by atoms with E-state index in [1.807, 2.05) is 0 Å². The number of aliphatic carboxylic acids is 1. The van der Waals surface area contributed by atoms with Crippen LogP contribution >= 0.6 is 0 Å². The van der Waals surface area contributed by atoms with Gasteiger partial charge in [-0.1, -0.05) is 17.0 Å². The van der Waals surface area contributed by atoms with Crippen LogP contribution < -0.4 is 0 Å². The summed E-state index contributed by atoms with van der Waals surface area (Å²) in [4.78, 5) is 14.1. The maximum Gasteiger partial charge on any atom is 0.392 e. The highest BCUT2D eigenvalue weighted by atomic mass is 32.2. The molecule has 1 aromatic carbocycles. The van der Waals surface area contributed by atoms with Gasteiger partial charge in [-0.2, -0.15) is 0 Å². The molecule has 1 aromatic rings. The first-order valence-electron chi connectivity index (χ1n) is 4.76. The number of carboxylic acids is 1. The number of benzene rings is 1. The first-order valence-corrected chi connectivity index (χ1v) is 6.65. The summed E-state index contributed by atoms with van der Waals surface area (Å²) in [5.74, 6) is -1.14. The van der Waals surface area contributed by atoms with Crippen LogP contribution in [0, 0.1) is 6.57 Å². The van der Waals surface area contributed by atoms with Crippen LogP contribution in [0.3, 0.4) is 0 Å². The van der Waals surface area contributed by atoms with Crippen molar-refractivity contribution in [2.24, 2.45) is 0 Å². The van der Waals surface area contributed by atoms with Crippen molar-refractivity contribution in [1.82, 2.24) is 0 Å². The summed E-state index contributed by atoms with van der Waals surface area (Å²) in [6.07, 6.45) is 1.16. The van der Waals surface area contributed by atoms with Crippen molar-refractivity contribution in [3.8, 4) is 6.57 Å². The van der Waals surface area contributed by atoms with Crippen molar-refractivity contribution in [2.45, 2.75) is 17.4 Å². The van der Waals surface area contributed by atoms with Crippen molar-refractivity contribution in [2.75, 3.05) is 6.26 Å².